The number of amides is 1. The number of hydrogen-bond donors (Lipinski definition) is 4. The lowest BCUT2D eigenvalue weighted by atomic mass is 10.2. The molecule has 0 aromatic rings. The van der Waals surface area contributed by atoms with Crippen LogP contribution < -0.4 is 10.6 Å². The smallest absolute Gasteiger partial charge is 0.407 e. The number of carbonyl (C=O) groups excluding carboxylic acids is 2. The number of alkyl carbamates (subject to hydrolysis) is 1. The van der Waals surface area contributed by atoms with E-state index in [4.69, 9.17) is 19.7 Å². The minimum Gasteiger partial charge on any atom is -0.478 e. The molecule has 2 aliphatic rings. The summed E-state index contributed by atoms with van der Waals surface area (Å²) in [5.74, 6) is -1.94. The fourth-order valence-electron chi connectivity index (χ4n) is 4.05. The Bertz CT molecular complexity index is 920. The molecule has 13 nitrogen and oxygen atoms in total. The average Bonchev–Trinajstić information content (AvgIpc) is 2.92. The van der Waals surface area contributed by atoms with E-state index in [1.165, 1.54) is 12.2 Å². The number of carboxylic acid groups (broad SMARTS) is 2. The molecule has 0 aliphatic carbocycles. The molecule has 260 valence electrons. The van der Waals surface area contributed by atoms with E-state index in [0.717, 1.165) is 77.9 Å². The average molecular weight is 707 g/mol. The number of halogens is 1. The van der Waals surface area contributed by atoms with E-state index in [-0.39, 0.29) is 12.1 Å². The molecule has 2 saturated heterocycles. The highest BCUT2D eigenvalue weighted by Crippen LogP contribution is 2.10. The highest BCUT2D eigenvalue weighted by molar-refractivity contribution is 9.09. The number of carbonyl (C=O) groups is 4. The predicted octanol–water partition coefficient (Wildman–Crippen LogP) is 2.81. The molecule has 0 spiro atoms. The molecule has 2 fully saturated rings. The van der Waals surface area contributed by atoms with Crippen LogP contribution in [0.25, 0.3) is 0 Å². The molecule has 4 N–H and O–H groups in total. The molecule has 1 amide bonds. The van der Waals surface area contributed by atoms with Gasteiger partial charge in [-0.15, -0.1) is 0 Å². The molecule has 14 heteroatoms. The third kappa shape index (κ3) is 28.7. The molecular weight excluding hydrogens is 650 g/mol. The van der Waals surface area contributed by atoms with Gasteiger partial charge in [-0.2, -0.15) is 0 Å². The number of carboxylic acids is 2. The first-order valence-corrected chi connectivity index (χ1v) is 16.5. The first-order valence-electron chi connectivity index (χ1n) is 15.4. The van der Waals surface area contributed by atoms with E-state index < -0.39 is 23.1 Å². The summed E-state index contributed by atoms with van der Waals surface area (Å²) >= 11 is 3.03. The minimum absolute atomic E-state index is 0.134. The lowest BCUT2D eigenvalue weighted by molar-refractivity contribution is -0.155. The van der Waals surface area contributed by atoms with E-state index in [1.807, 2.05) is 41.5 Å². The number of esters is 1. The summed E-state index contributed by atoms with van der Waals surface area (Å²) in [6.07, 6.45) is 6.42. The second-order valence-corrected chi connectivity index (χ2v) is 13.1. The second kappa shape index (κ2) is 23.8. The Morgan fingerprint density at radius 1 is 0.778 bits per heavy atom. The molecule has 0 aromatic carbocycles. The van der Waals surface area contributed by atoms with Gasteiger partial charge < -0.3 is 35.2 Å². The van der Waals surface area contributed by atoms with Gasteiger partial charge in [0.25, 0.3) is 0 Å². The maximum Gasteiger partial charge on any atom is 0.407 e. The maximum atomic E-state index is 11.6. The zero-order chi connectivity index (χ0) is 34.3. The number of piperazine rings is 2. The number of hydrogen-bond acceptors (Lipinski definition) is 10. The van der Waals surface area contributed by atoms with E-state index in [0.29, 0.717) is 24.8 Å². The van der Waals surface area contributed by atoms with Gasteiger partial charge in [0.2, 0.25) is 0 Å². The van der Waals surface area contributed by atoms with Crippen molar-refractivity contribution in [1.29, 1.82) is 0 Å². The molecule has 45 heavy (non-hydrogen) atoms. The van der Waals surface area contributed by atoms with Crippen molar-refractivity contribution in [2.24, 2.45) is 0 Å². The second-order valence-electron chi connectivity index (χ2n) is 12.5. The van der Waals surface area contributed by atoms with Crippen LogP contribution in [0.1, 0.15) is 54.4 Å². The number of allylic oxidation sites excluding steroid dienone is 1. The van der Waals surface area contributed by atoms with Crippen LogP contribution in [0.2, 0.25) is 0 Å². The van der Waals surface area contributed by atoms with Gasteiger partial charge in [-0.25, -0.2) is 14.4 Å². The van der Waals surface area contributed by atoms with Crippen molar-refractivity contribution in [3.05, 3.63) is 24.3 Å². The molecular formula is C31H56BrN5O8. The summed E-state index contributed by atoms with van der Waals surface area (Å²) in [6.45, 7) is 22.3. The quantitative estimate of drug-likeness (QED) is 0.134. The molecule has 0 unspecified atom stereocenters. The lowest BCUT2D eigenvalue weighted by Crippen LogP contribution is -2.46. The summed E-state index contributed by atoms with van der Waals surface area (Å²) in [5, 5.41) is 23.1. The Morgan fingerprint density at radius 2 is 1.29 bits per heavy atom. The van der Waals surface area contributed by atoms with Gasteiger partial charge in [-0.3, -0.25) is 14.6 Å². The first-order chi connectivity index (χ1) is 21.0. The number of nitrogens with one attached hydrogen (secondary N) is 2. The van der Waals surface area contributed by atoms with E-state index in [9.17, 15) is 19.2 Å². The first kappa shape index (κ1) is 42.5. The summed E-state index contributed by atoms with van der Waals surface area (Å²) in [7, 11) is 0. The molecule has 2 aliphatic heterocycles. The molecule has 0 bridgehead atoms. The number of aliphatic carboxylic acids is 2. The van der Waals surface area contributed by atoms with Crippen LogP contribution in [0.4, 0.5) is 4.79 Å². The van der Waals surface area contributed by atoms with Crippen LogP contribution in [0.3, 0.4) is 0 Å². The molecule has 2 rings (SSSR count). The molecule has 0 atom stereocenters. The SMILES string of the molecule is CC(C)(C)OC(=O)CCCN1CCN(C/C=C/C(=O)O)CC1.CC(C)(C)OC(=O)NCCN1CCNCC1.O=C(O)/C=C/CBr. The standard InChI is InChI=1S/C16H28N2O4.C11H23N3O2.C4H5BrO2/c1-16(2,3)22-15(21)7-5-9-18-12-10-17(11-13-18)8-4-6-14(19)20;1-11(2,3)16-10(15)13-6-9-14-7-4-12-5-8-14;5-3-1-2-4(6)7/h4,6H,5,7-13H2,1-3H3,(H,19,20);12H,4-9H2,1-3H3,(H,13,15);1-2H,3H2,(H,6,7)/b6-4+;;2-1+. The number of alkyl halides is 1. The number of ether oxygens (including phenoxy) is 2. The zero-order valence-corrected chi connectivity index (χ0v) is 29.6. The fourth-order valence-corrected chi connectivity index (χ4v) is 4.23. The highest BCUT2D eigenvalue weighted by Gasteiger charge is 2.19. The molecule has 0 aromatic heterocycles. The summed E-state index contributed by atoms with van der Waals surface area (Å²) in [6, 6.07) is 0. The Morgan fingerprint density at radius 3 is 1.78 bits per heavy atom. The van der Waals surface area contributed by atoms with E-state index >= 15 is 0 Å². The van der Waals surface area contributed by atoms with Crippen LogP contribution in [-0.4, -0.2) is 144 Å². The molecule has 2 heterocycles. The Kier molecular flexibility index (Phi) is 22.4. The van der Waals surface area contributed by atoms with Crippen molar-refractivity contribution in [3.63, 3.8) is 0 Å². The Balaban J connectivity index is 0.000000733. The fraction of sp³-hybridized carbons (Fsp3) is 0.742. The van der Waals surface area contributed by atoms with Crippen molar-refractivity contribution >= 4 is 39.9 Å². The molecule has 0 radical (unpaired) electrons. The normalized spacial score (nSPS) is 16.7. The van der Waals surface area contributed by atoms with Crippen molar-refractivity contribution in [2.75, 3.05) is 83.9 Å². The monoisotopic (exact) mass is 705 g/mol. The van der Waals surface area contributed by atoms with Gasteiger partial charge in [-0.05, 0) is 54.5 Å². The van der Waals surface area contributed by atoms with Crippen molar-refractivity contribution in [2.45, 2.75) is 65.6 Å². The third-order valence-corrected chi connectivity index (χ3v) is 6.39. The van der Waals surface area contributed by atoms with Crippen molar-refractivity contribution < 1.29 is 38.9 Å². The summed E-state index contributed by atoms with van der Waals surface area (Å²) in [4.78, 5) is 49.9. The van der Waals surface area contributed by atoms with Gasteiger partial charge >= 0.3 is 24.0 Å². The van der Waals surface area contributed by atoms with Gasteiger partial charge in [-0.1, -0.05) is 28.1 Å². The van der Waals surface area contributed by atoms with Crippen LogP contribution in [-0.2, 0) is 23.9 Å². The van der Waals surface area contributed by atoms with Crippen molar-refractivity contribution in [1.82, 2.24) is 25.3 Å². The predicted molar refractivity (Wildman–Crippen MR) is 179 cm³/mol. The zero-order valence-electron chi connectivity index (χ0n) is 28.0. The highest BCUT2D eigenvalue weighted by atomic mass is 79.9. The van der Waals surface area contributed by atoms with E-state index in [2.05, 4.69) is 41.3 Å². The van der Waals surface area contributed by atoms with Crippen LogP contribution in [0, 0.1) is 0 Å². The van der Waals surface area contributed by atoms with Gasteiger partial charge in [0.05, 0.1) is 0 Å². The van der Waals surface area contributed by atoms with Crippen molar-refractivity contribution in [3.8, 4) is 0 Å². The topological polar surface area (TPSA) is 161 Å². The number of nitrogens with zero attached hydrogens (tertiary/aromatic N) is 3. The third-order valence-electron chi connectivity index (χ3n) is 6.02. The largest absolute Gasteiger partial charge is 0.478 e. The maximum absolute atomic E-state index is 11.6. The van der Waals surface area contributed by atoms with E-state index in [1.54, 1.807) is 6.08 Å². The minimum atomic E-state index is -0.903. The Hall–Kier alpha value is -2.52. The van der Waals surface area contributed by atoms with Gasteiger partial charge in [0.1, 0.15) is 11.2 Å². The van der Waals surface area contributed by atoms with Gasteiger partial charge in [0, 0.05) is 95.9 Å². The van der Waals surface area contributed by atoms with Crippen LogP contribution in [0.15, 0.2) is 24.3 Å². The Labute approximate surface area is 277 Å². The summed E-state index contributed by atoms with van der Waals surface area (Å²) in [5.41, 5.74) is -0.828. The lowest BCUT2D eigenvalue weighted by Gasteiger charge is -2.34. The summed E-state index contributed by atoms with van der Waals surface area (Å²) < 4.78 is 10.4. The van der Waals surface area contributed by atoms with Crippen LogP contribution in [0.5, 0.6) is 0 Å². The van der Waals surface area contributed by atoms with Crippen LogP contribution >= 0.6 is 15.9 Å². The van der Waals surface area contributed by atoms with Gasteiger partial charge in [0.15, 0.2) is 0 Å². The number of rotatable bonds is 12. The molecule has 0 saturated carbocycles.